The zero-order valence-electron chi connectivity index (χ0n) is 9.73. The van der Waals surface area contributed by atoms with Crippen LogP contribution in [-0.2, 0) is 4.74 Å². The van der Waals surface area contributed by atoms with E-state index in [1.165, 1.54) is 18.6 Å². The van der Waals surface area contributed by atoms with Crippen molar-refractivity contribution in [3.05, 3.63) is 23.0 Å². The third-order valence-electron chi connectivity index (χ3n) is 3.13. The molecule has 1 aromatic rings. The molecule has 2 unspecified atom stereocenters. The monoisotopic (exact) mass is 254 g/mol. The van der Waals surface area contributed by atoms with E-state index in [0.717, 1.165) is 19.3 Å². The fourth-order valence-electron chi connectivity index (χ4n) is 2.08. The molecule has 1 fully saturated rings. The van der Waals surface area contributed by atoms with E-state index in [0.29, 0.717) is 5.92 Å². The fraction of sp³-hybridized carbons (Fsp3) is 0.583. The highest BCUT2D eigenvalue weighted by atomic mass is 35.5. The third kappa shape index (κ3) is 3.16. The lowest BCUT2D eigenvalue weighted by molar-refractivity contribution is 0.00409. The zero-order chi connectivity index (χ0) is 12.3. The van der Waals surface area contributed by atoms with Crippen LogP contribution in [0.2, 0.25) is 5.15 Å². The molecule has 1 aliphatic rings. The number of esters is 1. The molecule has 1 aromatic heterocycles. The molecule has 5 heteroatoms. The standard InChI is InChI=1S/C12H15ClN2O2/c1-8-4-2-3-5-10(8)17-12(16)9-6-7-11(13)15-14-9/h6-8,10H,2-5H2,1H3. The Morgan fingerprint density at radius 1 is 1.35 bits per heavy atom. The summed E-state index contributed by atoms with van der Waals surface area (Å²) in [5.74, 6) is 0.0147. The fourth-order valence-corrected chi connectivity index (χ4v) is 2.18. The molecule has 92 valence electrons. The highest BCUT2D eigenvalue weighted by Crippen LogP contribution is 2.26. The van der Waals surface area contributed by atoms with Gasteiger partial charge in [0.25, 0.3) is 0 Å². The summed E-state index contributed by atoms with van der Waals surface area (Å²) in [7, 11) is 0. The van der Waals surface area contributed by atoms with Crippen molar-refractivity contribution in [1.29, 1.82) is 0 Å². The molecule has 17 heavy (non-hydrogen) atoms. The predicted molar refractivity (Wildman–Crippen MR) is 63.9 cm³/mol. The summed E-state index contributed by atoms with van der Waals surface area (Å²) in [4.78, 5) is 11.8. The first kappa shape index (κ1) is 12.3. The van der Waals surface area contributed by atoms with Crippen molar-refractivity contribution < 1.29 is 9.53 Å². The molecule has 0 radical (unpaired) electrons. The quantitative estimate of drug-likeness (QED) is 0.762. The second-order valence-corrected chi connectivity index (χ2v) is 4.83. The van der Waals surface area contributed by atoms with Crippen LogP contribution in [0.25, 0.3) is 0 Å². The van der Waals surface area contributed by atoms with E-state index in [1.807, 2.05) is 0 Å². The summed E-state index contributed by atoms with van der Waals surface area (Å²) >= 11 is 5.61. The lowest BCUT2D eigenvalue weighted by atomic mass is 9.88. The van der Waals surface area contributed by atoms with Crippen LogP contribution in [-0.4, -0.2) is 22.3 Å². The summed E-state index contributed by atoms with van der Waals surface area (Å²) < 4.78 is 5.44. The lowest BCUT2D eigenvalue weighted by Gasteiger charge is -2.28. The molecular formula is C12H15ClN2O2. The van der Waals surface area contributed by atoms with Crippen LogP contribution < -0.4 is 0 Å². The van der Waals surface area contributed by atoms with Crippen molar-refractivity contribution in [2.75, 3.05) is 0 Å². The Balaban J connectivity index is 1.98. The number of nitrogens with zero attached hydrogens (tertiary/aromatic N) is 2. The molecule has 1 heterocycles. The second kappa shape index (κ2) is 5.45. The first-order valence-corrected chi connectivity index (χ1v) is 6.25. The van der Waals surface area contributed by atoms with Gasteiger partial charge in [0, 0.05) is 0 Å². The topological polar surface area (TPSA) is 52.1 Å². The minimum Gasteiger partial charge on any atom is -0.457 e. The van der Waals surface area contributed by atoms with Gasteiger partial charge in [-0.2, -0.15) is 0 Å². The number of carbonyl (C=O) groups is 1. The van der Waals surface area contributed by atoms with E-state index in [4.69, 9.17) is 16.3 Å². The molecule has 0 saturated heterocycles. The second-order valence-electron chi connectivity index (χ2n) is 4.45. The van der Waals surface area contributed by atoms with Crippen LogP contribution in [0.5, 0.6) is 0 Å². The molecule has 0 aliphatic heterocycles. The number of rotatable bonds is 2. The van der Waals surface area contributed by atoms with Gasteiger partial charge in [-0.15, -0.1) is 10.2 Å². The van der Waals surface area contributed by atoms with E-state index in [9.17, 15) is 4.79 Å². The Morgan fingerprint density at radius 3 is 2.76 bits per heavy atom. The molecule has 2 rings (SSSR count). The van der Waals surface area contributed by atoms with Gasteiger partial charge in [0.1, 0.15) is 6.10 Å². The van der Waals surface area contributed by atoms with Crippen LogP contribution in [0.15, 0.2) is 12.1 Å². The van der Waals surface area contributed by atoms with Gasteiger partial charge in [0.15, 0.2) is 10.8 Å². The van der Waals surface area contributed by atoms with E-state index in [1.54, 1.807) is 0 Å². The maximum Gasteiger partial charge on any atom is 0.359 e. The molecule has 0 bridgehead atoms. The number of ether oxygens (including phenoxy) is 1. The van der Waals surface area contributed by atoms with Gasteiger partial charge >= 0.3 is 5.97 Å². The van der Waals surface area contributed by atoms with Crippen molar-refractivity contribution in [1.82, 2.24) is 10.2 Å². The van der Waals surface area contributed by atoms with Crippen molar-refractivity contribution >= 4 is 17.6 Å². The predicted octanol–water partition coefficient (Wildman–Crippen LogP) is 2.87. The molecule has 0 amide bonds. The van der Waals surface area contributed by atoms with E-state index in [2.05, 4.69) is 17.1 Å². The SMILES string of the molecule is CC1CCCCC1OC(=O)c1ccc(Cl)nn1. The number of aromatic nitrogens is 2. The number of halogens is 1. The van der Waals surface area contributed by atoms with E-state index < -0.39 is 5.97 Å². The summed E-state index contributed by atoms with van der Waals surface area (Å²) in [5.41, 5.74) is 0.215. The summed E-state index contributed by atoms with van der Waals surface area (Å²) in [6, 6.07) is 3.07. The smallest absolute Gasteiger partial charge is 0.359 e. The molecular weight excluding hydrogens is 240 g/mol. The van der Waals surface area contributed by atoms with E-state index >= 15 is 0 Å². The maximum absolute atomic E-state index is 11.8. The molecule has 0 N–H and O–H groups in total. The van der Waals surface area contributed by atoms with Gasteiger partial charge in [0.05, 0.1) is 0 Å². The molecule has 1 aliphatic carbocycles. The Morgan fingerprint density at radius 2 is 2.12 bits per heavy atom. The largest absolute Gasteiger partial charge is 0.457 e. The lowest BCUT2D eigenvalue weighted by Crippen LogP contribution is -2.28. The van der Waals surface area contributed by atoms with Crippen molar-refractivity contribution in [3.8, 4) is 0 Å². The molecule has 0 spiro atoms. The minimum absolute atomic E-state index is 0.00808. The number of hydrogen-bond donors (Lipinski definition) is 0. The Labute approximate surface area is 105 Å². The summed E-state index contributed by atoms with van der Waals surface area (Å²) in [5, 5.41) is 7.61. The molecule has 0 aromatic carbocycles. The van der Waals surface area contributed by atoms with Crippen LogP contribution in [0.4, 0.5) is 0 Å². The average Bonchev–Trinajstić information content (AvgIpc) is 2.33. The zero-order valence-corrected chi connectivity index (χ0v) is 10.5. The van der Waals surface area contributed by atoms with Gasteiger partial charge in [0.2, 0.25) is 0 Å². The summed E-state index contributed by atoms with van der Waals surface area (Å²) in [6.07, 6.45) is 4.40. The number of carbonyl (C=O) groups excluding carboxylic acids is 1. The van der Waals surface area contributed by atoms with E-state index in [-0.39, 0.29) is 17.0 Å². The highest BCUT2D eigenvalue weighted by molar-refractivity contribution is 6.29. The van der Waals surface area contributed by atoms with Crippen molar-refractivity contribution in [3.63, 3.8) is 0 Å². The normalized spacial score (nSPS) is 24.4. The molecule has 4 nitrogen and oxygen atoms in total. The first-order valence-electron chi connectivity index (χ1n) is 5.87. The van der Waals surface area contributed by atoms with Crippen LogP contribution in [0.1, 0.15) is 43.1 Å². The Hall–Kier alpha value is -1.16. The van der Waals surface area contributed by atoms with Crippen molar-refractivity contribution in [2.24, 2.45) is 5.92 Å². The minimum atomic E-state index is -0.409. The van der Waals surface area contributed by atoms with Crippen LogP contribution >= 0.6 is 11.6 Å². The Kier molecular flexibility index (Phi) is 3.94. The molecule has 2 atom stereocenters. The highest BCUT2D eigenvalue weighted by Gasteiger charge is 2.25. The van der Waals surface area contributed by atoms with Gasteiger partial charge in [-0.3, -0.25) is 0 Å². The number of hydrogen-bond acceptors (Lipinski definition) is 4. The summed E-state index contributed by atoms with van der Waals surface area (Å²) in [6.45, 7) is 2.12. The van der Waals surface area contributed by atoms with Crippen molar-refractivity contribution in [2.45, 2.75) is 38.7 Å². The van der Waals surface area contributed by atoms with Crippen LogP contribution in [0.3, 0.4) is 0 Å². The van der Waals surface area contributed by atoms with Crippen LogP contribution in [0, 0.1) is 5.92 Å². The maximum atomic E-state index is 11.8. The average molecular weight is 255 g/mol. The van der Waals surface area contributed by atoms with Gasteiger partial charge < -0.3 is 4.74 Å². The Bertz CT molecular complexity index is 394. The van der Waals surface area contributed by atoms with Gasteiger partial charge in [-0.05, 0) is 37.3 Å². The van der Waals surface area contributed by atoms with Gasteiger partial charge in [-0.25, -0.2) is 4.79 Å². The first-order chi connectivity index (χ1) is 8.16. The third-order valence-corrected chi connectivity index (χ3v) is 3.33. The molecule has 1 saturated carbocycles. The van der Waals surface area contributed by atoms with Gasteiger partial charge in [-0.1, -0.05) is 24.9 Å².